The number of hydrogen-bond acceptors (Lipinski definition) is 0. The zero-order valence-corrected chi connectivity index (χ0v) is 9.22. The van der Waals surface area contributed by atoms with Gasteiger partial charge in [0, 0.05) is 0 Å². The lowest BCUT2D eigenvalue weighted by atomic mass is 9.72. The van der Waals surface area contributed by atoms with Gasteiger partial charge in [0.15, 0.2) is 0 Å². The monoisotopic (exact) mass is 172 g/mol. The largest absolute Gasteiger partial charge is 0.134 e. The summed E-state index contributed by atoms with van der Waals surface area (Å²) in [5.41, 5.74) is 1.46. The second-order valence-electron chi connectivity index (χ2n) is 4.98. The van der Waals surface area contributed by atoms with Gasteiger partial charge in [-0.15, -0.1) is 9.24 Å². The normalized spacial score (nSPS) is 33.8. The van der Waals surface area contributed by atoms with E-state index in [1.54, 1.807) is 0 Å². The van der Waals surface area contributed by atoms with Crippen molar-refractivity contribution in [2.24, 2.45) is 11.3 Å². The van der Waals surface area contributed by atoms with Crippen molar-refractivity contribution in [1.29, 1.82) is 0 Å². The minimum Gasteiger partial charge on any atom is -0.134 e. The van der Waals surface area contributed by atoms with Crippen LogP contribution in [0.4, 0.5) is 0 Å². The Kier molecular flexibility index (Phi) is 2.97. The van der Waals surface area contributed by atoms with Crippen LogP contribution in [0.25, 0.3) is 0 Å². The maximum absolute atomic E-state index is 2.96. The summed E-state index contributed by atoms with van der Waals surface area (Å²) in [5, 5.41) is 0. The number of hydrogen-bond donors (Lipinski definition) is 0. The molecule has 11 heavy (non-hydrogen) atoms. The van der Waals surface area contributed by atoms with Crippen LogP contribution in [-0.2, 0) is 0 Å². The summed E-state index contributed by atoms with van der Waals surface area (Å²) in [6, 6.07) is 0. The molecule has 1 heteroatoms. The number of rotatable bonds is 0. The predicted octanol–water partition coefficient (Wildman–Crippen LogP) is 3.47. The van der Waals surface area contributed by atoms with Crippen LogP contribution in [0.2, 0.25) is 0 Å². The molecule has 66 valence electrons. The van der Waals surface area contributed by atoms with Crippen LogP contribution in [-0.4, -0.2) is 5.66 Å². The van der Waals surface area contributed by atoms with Crippen molar-refractivity contribution >= 4 is 9.24 Å². The van der Waals surface area contributed by atoms with Crippen LogP contribution in [0.1, 0.15) is 46.5 Å². The third-order valence-corrected chi connectivity index (χ3v) is 3.66. The highest BCUT2D eigenvalue weighted by Gasteiger charge is 2.27. The third kappa shape index (κ3) is 2.75. The average Bonchev–Trinajstić information content (AvgIpc) is 1.86. The van der Waals surface area contributed by atoms with Crippen molar-refractivity contribution in [3.8, 4) is 0 Å². The van der Waals surface area contributed by atoms with E-state index >= 15 is 0 Å². The van der Waals surface area contributed by atoms with E-state index in [4.69, 9.17) is 0 Å². The molecule has 0 bridgehead atoms. The minimum atomic E-state index is 0.546. The molecule has 0 amide bonds. The van der Waals surface area contributed by atoms with Crippen molar-refractivity contribution in [2.45, 2.75) is 52.1 Å². The molecule has 0 saturated heterocycles. The molecular formula is C10H21P. The molecule has 1 aliphatic rings. The Balaban J connectivity index is 2.39. The molecule has 1 atom stereocenters. The van der Waals surface area contributed by atoms with Crippen molar-refractivity contribution < 1.29 is 0 Å². The van der Waals surface area contributed by atoms with Gasteiger partial charge in [0.05, 0.1) is 0 Å². The molecule has 0 aromatic rings. The highest BCUT2D eigenvalue weighted by molar-refractivity contribution is 7.17. The molecule has 0 nitrogen and oxygen atoms in total. The van der Waals surface area contributed by atoms with Gasteiger partial charge >= 0.3 is 0 Å². The molecule has 0 heterocycles. The lowest BCUT2D eigenvalue weighted by molar-refractivity contribution is 0.182. The summed E-state index contributed by atoms with van der Waals surface area (Å²) in [5.74, 6) is 0.972. The van der Waals surface area contributed by atoms with Gasteiger partial charge in [-0.3, -0.25) is 0 Å². The van der Waals surface area contributed by atoms with Gasteiger partial charge in [-0.2, -0.15) is 0 Å². The molecule has 0 N–H and O–H groups in total. The molecule has 1 saturated carbocycles. The van der Waals surface area contributed by atoms with E-state index in [0.29, 0.717) is 5.41 Å². The molecule has 1 aliphatic carbocycles. The fourth-order valence-electron chi connectivity index (χ4n) is 1.99. The average molecular weight is 172 g/mol. The first kappa shape index (κ1) is 9.52. The van der Waals surface area contributed by atoms with E-state index in [-0.39, 0.29) is 0 Å². The summed E-state index contributed by atoms with van der Waals surface area (Å²) in [7, 11) is 2.96. The van der Waals surface area contributed by atoms with Gasteiger partial charge in [-0.25, -0.2) is 0 Å². The zero-order chi connectivity index (χ0) is 8.48. The second kappa shape index (κ2) is 3.44. The fraction of sp³-hybridized carbons (Fsp3) is 1.00. The summed E-state index contributed by atoms with van der Waals surface area (Å²) in [6.45, 7) is 7.13. The Morgan fingerprint density at radius 2 is 1.45 bits per heavy atom. The van der Waals surface area contributed by atoms with Crippen LogP contribution in [0, 0.1) is 11.3 Å². The SMILES string of the molecule is CC(C)(C)C1CCC(P)CC1. The highest BCUT2D eigenvalue weighted by atomic mass is 31.0. The summed E-state index contributed by atoms with van der Waals surface area (Å²) in [4.78, 5) is 0. The maximum atomic E-state index is 2.96. The van der Waals surface area contributed by atoms with E-state index < -0.39 is 0 Å². The molecular weight excluding hydrogens is 151 g/mol. The van der Waals surface area contributed by atoms with Crippen LogP contribution >= 0.6 is 9.24 Å². The lowest BCUT2D eigenvalue weighted by Gasteiger charge is -2.35. The van der Waals surface area contributed by atoms with E-state index in [0.717, 1.165) is 11.6 Å². The molecule has 0 aliphatic heterocycles. The Morgan fingerprint density at radius 3 is 1.82 bits per heavy atom. The van der Waals surface area contributed by atoms with E-state index in [9.17, 15) is 0 Å². The molecule has 0 spiro atoms. The van der Waals surface area contributed by atoms with Gasteiger partial charge < -0.3 is 0 Å². The standard InChI is InChI=1S/C10H21P/c1-10(2,3)8-4-6-9(11)7-5-8/h8-9H,4-7,11H2,1-3H3. The second-order valence-corrected chi connectivity index (χ2v) is 5.92. The van der Waals surface area contributed by atoms with Gasteiger partial charge in [-0.1, -0.05) is 20.8 Å². The first-order valence-electron chi connectivity index (χ1n) is 4.76. The molecule has 1 rings (SSSR count). The minimum absolute atomic E-state index is 0.546. The first-order chi connectivity index (χ1) is 5.00. The summed E-state index contributed by atoms with van der Waals surface area (Å²) in [6.07, 6.45) is 5.73. The van der Waals surface area contributed by atoms with Crippen LogP contribution in [0.5, 0.6) is 0 Å². The van der Waals surface area contributed by atoms with Crippen molar-refractivity contribution in [2.75, 3.05) is 0 Å². The van der Waals surface area contributed by atoms with Crippen LogP contribution in [0.15, 0.2) is 0 Å². The van der Waals surface area contributed by atoms with Gasteiger partial charge in [0.1, 0.15) is 0 Å². The Labute approximate surface area is 73.3 Å². The van der Waals surface area contributed by atoms with Crippen molar-refractivity contribution in [1.82, 2.24) is 0 Å². The molecule has 1 fully saturated rings. The lowest BCUT2D eigenvalue weighted by Crippen LogP contribution is -2.25. The van der Waals surface area contributed by atoms with Gasteiger partial charge in [-0.05, 0) is 42.7 Å². The fourth-order valence-corrected chi connectivity index (χ4v) is 2.37. The van der Waals surface area contributed by atoms with Crippen LogP contribution in [0.3, 0.4) is 0 Å². The van der Waals surface area contributed by atoms with Gasteiger partial charge in [0.2, 0.25) is 0 Å². The Bertz CT molecular complexity index is 115. The predicted molar refractivity (Wildman–Crippen MR) is 54.9 cm³/mol. The zero-order valence-electron chi connectivity index (χ0n) is 8.06. The Morgan fingerprint density at radius 1 is 1.00 bits per heavy atom. The topological polar surface area (TPSA) is 0 Å². The van der Waals surface area contributed by atoms with Crippen molar-refractivity contribution in [3.63, 3.8) is 0 Å². The quantitative estimate of drug-likeness (QED) is 0.491. The van der Waals surface area contributed by atoms with Gasteiger partial charge in [0.25, 0.3) is 0 Å². The Hall–Kier alpha value is 0.430. The van der Waals surface area contributed by atoms with E-state index in [1.807, 2.05) is 0 Å². The molecule has 1 unspecified atom stereocenters. The van der Waals surface area contributed by atoms with E-state index in [2.05, 4.69) is 30.0 Å². The highest BCUT2D eigenvalue weighted by Crippen LogP contribution is 2.39. The first-order valence-corrected chi connectivity index (χ1v) is 5.42. The maximum Gasteiger partial charge on any atom is -0.0264 e. The van der Waals surface area contributed by atoms with Crippen molar-refractivity contribution in [3.05, 3.63) is 0 Å². The smallest absolute Gasteiger partial charge is 0.0264 e. The summed E-state index contributed by atoms with van der Waals surface area (Å²) >= 11 is 0. The van der Waals surface area contributed by atoms with E-state index in [1.165, 1.54) is 25.7 Å². The summed E-state index contributed by atoms with van der Waals surface area (Å²) < 4.78 is 0. The molecule has 0 radical (unpaired) electrons. The third-order valence-electron chi connectivity index (χ3n) is 3.00. The molecule has 0 aromatic heterocycles. The molecule has 0 aromatic carbocycles. The van der Waals surface area contributed by atoms with Crippen LogP contribution < -0.4 is 0 Å².